The first kappa shape index (κ1) is 24.3. The minimum absolute atomic E-state index is 0.0147. The quantitative estimate of drug-likeness (QED) is 0.310. The van der Waals surface area contributed by atoms with Gasteiger partial charge in [0.1, 0.15) is 24.5 Å². The third-order valence-electron chi connectivity index (χ3n) is 4.57. The van der Waals surface area contributed by atoms with Crippen molar-refractivity contribution < 1.29 is 41.5 Å². The van der Waals surface area contributed by atoms with E-state index < -0.39 is 47.7 Å². The number of hydroxylamine groups is 1. The van der Waals surface area contributed by atoms with Crippen LogP contribution < -0.4 is 10.4 Å². The number of fused-ring (bicyclic) bond motifs is 1. The lowest BCUT2D eigenvalue weighted by molar-refractivity contribution is -0.201. The van der Waals surface area contributed by atoms with E-state index in [4.69, 9.17) is 0 Å². The van der Waals surface area contributed by atoms with E-state index in [-0.39, 0.29) is 27.5 Å². The Morgan fingerprint density at radius 3 is 2.64 bits per heavy atom. The third kappa shape index (κ3) is 5.29. The molecule has 0 saturated carbocycles. The average molecular weight is 508 g/mol. The number of hydrogen-bond donors (Lipinski definition) is 2. The predicted octanol–water partition coefficient (Wildman–Crippen LogP) is 3.61. The minimum Gasteiger partial charge on any atom is -0.505 e. The van der Waals surface area contributed by atoms with Gasteiger partial charge < -0.3 is 15.3 Å². The fourth-order valence-corrected chi connectivity index (χ4v) is 3.00. The molecule has 0 bridgehead atoms. The SMILES string of the molecule is O=C(Cn1cc(Nc2ncnc3cc(O)c(F)cc23)cn1)N(OC(=O)C(F)(F)F)c1cccc(F)c1. The summed E-state index contributed by atoms with van der Waals surface area (Å²) in [5.74, 6) is -6.14. The minimum atomic E-state index is -5.41. The van der Waals surface area contributed by atoms with E-state index >= 15 is 0 Å². The van der Waals surface area contributed by atoms with Crippen molar-refractivity contribution in [2.75, 3.05) is 10.4 Å². The van der Waals surface area contributed by atoms with Gasteiger partial charge in [-0.2, -0.15) is 18.3 Å². The topological polar surface area (TPSA) is 122 Å². The van der Waals surface area contributed by atoms with Crippen LogP contribution in [0.15, 0.2) is 55.1 Å². The summed E-state index contributed by atoms with van der Waals surface area (Å²) in [6, 6.07) is 5.96. The zero-order chi connectivity index (χ0) is 26.0. The Kier molecular flexibility index (Phi) is 6.37. The maximum atomic E-state index is 13.8. The number of phenols is 1. The standard InChI is InChI=1S/C21H13F5N6O4/c22-11-2-1-3-13(4-11)32(36-20(35)21(24,25)26)18(34)9-31-8-12(7-29-31)30-19-14-5-15(23)17(33)6-16(14)27-10-28-19/h1-8,10,33H,9H2,(H,27,28,30). The summed E-state index contributed by atoms with van der Waals surface area (Å²) in [7, 11) is 0. The van der Waals surface area contributed by atoms with Crippen molar-refractivity contribution in [3.63, 3.8) is 0 Å². The van der Waals surface area contributed by atoms with Crippen molar-refractivity contribution in [3.8, 4) is 5.75 Å². The summed E-state index contributed by atoms with van der Waals surface area (Å²) >= 11 is 0. The van der Waals surface area contributed by atoms with Crippen LogP contribution in [0.1, 0.15) is 0 Å². The maximum absolute atomic E-state index is 13.8. The van der Waals surface area contributed by atoms with Crippen LogP contribution in [0, 0.1) is 11.6 Å². The van der Waals surface area contributed by atoms with E-state index in [0.29, 0.717) is 6.07 Å². The number of aromatic hydroxyl groups is 1. The molecule has 1 amide bonds. The summed E-state index contributed by atoms with van der Waals surface area (Å²) in [5.41, 5.74) is 0.00731. The monoisotopic (exact) mass is 508 g/mol. The molecule has 0 spiro atoms. The highest BCUT2D eigenvalue weighted by Gasteiger charge is 2.43. The number of carbonyl (C=O) groups excluding carboxylic acids is 2. The number of rotatable bonds is 5. The molecule has 4 aromatic rings. The largest absolute Gasteiger partial charge is 0.505 e. The molecule has 2 aromatic carbocycles. The molecule has 0 unspecified atom stereocenters. The molecule has 0 fully saturated rings. The van der Waals surface area contributed by atoms with Gasteiger partial charge in [0.25, 0.3) is 5.91 Å². The second-order valence-electron chi connectivity index (χ2n) is 7.14. The molecule has 0 radical (unpaired) electrons. The Labute approximate surface area is 197 Å². The predicted molar refractivity (Wildman–Crippen MR) is 113 cm³/mol. The molecule has 0 atom stereocenters. The second kappa shape index (κ2) is 9.44. The van der Waals surface area contributed by atoms with Crippen LogP contribution >= 0.6 is 0 Å². The van der Waals surface area contributed by atoms with Crippen LogP contribution in [-0.2, 0) is 21.0 Å². The zero-order valence-electron chi connectivity index (χ0n) is 17.7. The van der Waals surface area contributed by atoms with Crippen molar-refractivity contribution in [2.24, 2.45) is 0 Å². The van der Waals surface area contributed by atoms with Gasteiger partial charge in [-0.15, -0.1) is 5.06 Å². The fourth-order valence-electron chi connectivity index (χ4n) is 3.00. The molecule has 15 heteroatoms. The molecular formula is C21H13F5N6O4. The summed E-state index contributed by atoms with van der Waals surface area (Å²) in [5, 5.41) is 16.5. The molecule has 0 aliphatic rings. The van der Waals surface area contributed by atoms with E-state index in [1.165, 1.54) is 12.4 Å². The van der Waals surface area contributed by atoms with Crippen LogP contribution in [0.4, 0.5) is 39.1 Å². The number of phenolic OH excluding ortho intramolecular Hbond substituents is 1. The Hall–Kier alpha value is -4.82. The molecule has 10 nitrogen and oxygen atoms in total. The Morgan fingerprint density at radius 2 is 1.92 bits per heavy atom. The van der Waals surface area contributed by atoms with E-state index in [0.717, 1.165) is 41.3 Å². The molecule has 2 N–H and O–H groups in total. The van der Waals surface area contributed by atoms with Crippen LogP contribution in [0.3, 0.4) is 0 Å². The van der Waals surface area contributed by atoms with Gasteiger partial charge in [-0.25, -0.2) is 23.5 Å². The lowest BCUT2D eigenvalue weighted by Crippen LogP contribution is -2.40. The van der Waals surface area contributed by atoms with Crippen molar-refractivity contribution in [1.82, 2.24) is 19.7 Å². The highest BCUT2D eigenvalue weighted by molar-refractivity contribution is 5.94. The number of hydrogen-bond acceptors (Lipinski definition) is 8. The van der Waals surface area contributed by atoms with Gasteiger partial charge in [-0.1, -0.05) is 6.07 Å². The zero-order valence-corrected chi connectivity index (χ0v) is 17.7. The number of halogens is 5. The van der Waals surface area contributed by atoms with E-state index in [2.05, 4.69) is 25.2 Å². The average Bonchev–Trinajstić information content (AvgIpc) is 3.24. The lowest BCUT2D eigenvalue weighted by Gasteiger charge is -2.21. The molecule has 36 heavy (non-hydrogen) atoms. The van der Waals surface area contributed by atoms with Crippen LogP contribution in [0.5, 0.6) is 5.75 Å². The highest BCUT2D eigenvalue weighted by atomic mass is 19.4. The third-order valence-corrected chi connectivity index (χ3v) is 4.57. The Morgan fingerprint density at radius 1 is 1.14 bits per heavy atom. The van der Waals surface area contributed by atoms with Crippen molar-refractivity contribution in [3.05, 3.63) is 66.8 Å². The molecule has 2 aromatic heterocycles. The highest BCUT2D eigenvalue weighted by Crippen LogP contribution is 2.28. The maximum Gasteiger partial charge on any atom is 0.493 e. The van der Waals surface area contributed by atoms with Crippen molar-refractivity contribution in [1.29, 1.82) is 0 Å². The second-order valence-corrected chi connectivity index (χ2v) is 7.14. The van der Waals surface area contributed by atoms with Crippen molar-refractivity contribution in [2.45, 2.75) is 12.7 Å². The summed E-state index contributed by atoms with van der Waals surface area (Å²) in [6.07, 6.45) is -1.77. The van der Waals surface area contributed by atoms with Gasteiger partial charge >= 0.3 is 12.1 Å². The molecular weight excluding hydrogens is 495 g/mol. The molecule has 4 rings (SSSR count). The Balaban J connectivity index is 1.55. The van der Waals surface area contributed by atoms with Crippen LogP contribution in [-0.4, -0.2) is 42.9 Å². The number of carbonyl (C=O) groups is 2. The van der Waals surface area contributed by atoms with Crippen molar-refractivity contribution >= 4 is 40.0 Å². The normalized spacial score (nSPS) is 11.4. The smallest absolute Gasteiger partial charge is 0.493 e. The first-order chi connectivity index (χ1) is 17.0. The van der Waals surface area contributed by atoms with E-state index in [1.807, 2.05) is 0 Å². The van der Waals surface area contributed by atoms with E-state index in [9.17, 15) is 36.6 Å². The number of amides is 1. The number of benzene rings is 2. The number of nitrogens with zero attached hydrogens (tertiary/aromatic N) is 5. The number of alkyl halides is 3. The summed E-state index contributed by atoms with van der Waals surface area (Å²) < 4.78 is 66.5. The summed E-state index contributed by atoms with van der Waals surface area (Å²) in [4.78, 5) is 36.1. The first-order valence-electron chi connectivity index (χ1n) is 9.81. The van der Waals surface area contributed by atoms with Gasteiger partial charge in [0.05, 0.1) is 23.1 Å². The molecule has 0 aliphatic heterocycles. The molecule has 0 saturated heterocycles. The number of anilines is 3. The lowest BCUT2D eigenvalue weighted by atomic mass is 10.2. The number of nitrogens with one attached hydrogen (secondary N) is 1. The van der Waals surface area contributed by atoms with E-state index in [1.54, 1.807) is 0 Å². The van der Waals surface area contributed by atoms with Gasteiger partial charge in [0, 0.05) is 23.7 Å². The van der Waals surface area contributed by atoms with Gasteiger partial charge in [-0.3, -0.25) is 9.48 Å². The van der Waals surface area contributed by atoms with Crippen LogP contribution in [0.25, 0.3) is 10.9 Å². The van der Waals surface area contributed by atoms with Gasteiger partial charge in [-0.05, 0) is 18.2 Å². The fraction of sp³-hybridized carbons (Fsp3) is 0.0952. The summed E-state index contributed by atoms with van der Waals surface area (Å²) in [6.45, 7) is -0.712. The molecule has 2 heterocycles. The molecule has 0 aliphatic carbocycles. The first-order valence-corrected chi connectivity index (χ1v) is 9.81. The molecule has 186 valence electrons. The van der Waals surface area contributed by atoms with Crippen LogP contribution in [0.2, 0.25) is 0 Å². The van der Waals surface area contributed by atoms with Gasteiger partial charge in [0.2, 0.25) is 0 Å². The van der Waals surface area contributed by atoms with Gasteiger partial charge in [0.15, 0.2) is 11.6 Å². The Bertz CT molecular complexity index is 1460. The number of aromatic nitrogens is 4.